The van der Waals surface area contributed by atoms with Gasteiger partial charge in [0.15, 0.2) is 0 Å². The van der Waals surface area contributed by atoms with Crippen LogP contribution in [0.3, 0.4) is 0 Å². The molecule has 0 spiro atoms. The number of amides is 3. The molecule has 0 saturated heterocycles. The second kappa shape index (κ2) is 13.1. The van der Waals surface area contributed by atoms with E-state index in [0.717, 1.165) is 24.3 Å². The molecule has 1 aromatic carbocycles. The smallest absolute Gasteiger partial charge is 0.330 e. The Bertz CT molecular complexity index is 834. The number of hydrogen-bond donors (Lipinski definition) is 3. The lowest BCUT2D eigenvalue weighted by molar-refractivity contribution is -0.135. The Morgan fingerprint density at radius 3 is 1.74 bits per heavy atom. The Morgan fingerprint density at radius 1 is 0.839 bits per heavy atom. The van der Waals surface area contributed by atoms with Gasteiger partial charge in [0.2, 0.25) is 17.7 Å². The first kappa shape index (κ1) is 24.9. The molecular weight excluding hydrogens is 410 g/mol. The summed E-state index contributed by atoms with van der Waals surface area (Å²) in [4.78, 5) is 57.0. The lowest BCUT2D eigenvalue weighted by Gasteiger charge is -2.12. The molecule has 11 heteroatoms. The Kier molecular flexibility index (Phi) is 10.6. The first-order chi connectivity index (χ1) is 14.7. The normalized spacial score (nSPS) is 10.5. The van der Waals surface area contributed by atoms with Gasteiger partial charge in [0.05, 0.1) is 20.8 Å². The summed E-state index contributed by atoms with van der Waals surface area (Å²) in [5, 5.41) is 5.02. The van der Waals surface area contributed by atoms with E-state index in [-0.39, 0.29) is 30.2 Å². The van der Waals surface area contributed by atoms with Crippen LogP contribution in [-0.2, 0) is 33.4 Å². The number of rotatable bonds is 11. The van der Waals surface area contributed by atoms with Crippen molar-refractivity contribution in [3.8, 4) is 5.75 Å². The molecule has 0 aliphatic carbocycles. The number of nitrogens with two attached hydrogens (primary N) is 1. The summed E-state index contributed by atoms with van der Waals surface area (Å²) in [5.41, 5.74) is 5.58. The van der Waals surface area contributed by atoms with Gasteiger partial charge in [-0.3, -0.25) is 14.4 Å². The van der Waals surface area contributed by atoms with E-state index in [1.54, 1.807) is 0 Å². The summed E-state index contributed by atoms with van der Waals surface area (Å²) in [7, 11) is 2.35. The maximum atomic E-state index is 12.0. The van der Waals surface area contributed by atoms with E-state index in [9.17, 15) is 24.0 Å². The summed E-state index contributed by atoms with van der Waals surface area (Å²) in [5.74, 6) is -2.84. The molecule has 0 fully saturated rings. The SMILES string of the molecule is COC(=O)/C=C/C(=O)Nc1cc(NC(=O)/C=C/C(=O)OC)cc(OCCCC(N)=O)c1. The third-order valence-electron chi connectivity index (χ3n) is 3.42. The van der Waals surface area contributed by atoms with E-state index in [1.807, 2.05) is 0 Å². The first-order valence-electron chi connectivity index (χ1n) is 8.93. The summed E-state index contributed by atoms with van der Waals surface area (Å²) in [6.45, 7) is 0.165. The minimum Gasteiger partial charge on any atom is -0.493 e. The minimum atomic E-state index is -0.702. The third kappa shape index (κ3) is 10.8. The zero-order valence-corrected chi connectivity index (χ0v) is 17.0. The monoisotopic (exact) mass is 433 g/mol. The molecular formula is C20H23N3O8. The lowest BCUT2D eigenvalue weighted by Crippen LogP contribution is -2.13. The van der Waals surface area contributed by atoms with Crippen LogP contribution < -0.4 is 21.1 Å². The van der Waals surface area contributed by atoms with E-state index in [1.165, 1.54) is 32.4 Å². The molecule has 166 valence electrons. The van der Waals surface area contributed by atoms with Crippen molar-refractivity contribution in [2.24, 2.45) is 5.73 Å². The largest absolute Gasteiger partial charge is 0.493 e. The fourth-order valence-corrected chi connectivity index (χ4v) is 2.05. The topological polar surface area (TPSA) is 163 Å². The molecule has 1 rings (SSSR count). The van der Waals surface area contributed by atoms with Crippen LogP contribution in [0.5, 0.6) is 5.75 Å². The van der Waals surface area contributed by atoms with Crippen LogP contribution in [0.4, 0.5) is 11.4 Å². The standard InChI is InChI=1S/C20H23N3O8/c1-29-19(27)7-5-17(25)22-13-10-14(23-18(26)6-8-20(28)30-2)12-15(11-13)31-9-3-4-16(21)24/h5-8,10-12H,3-4,9H2,1-2H3,(H2,21,24)(H,22,25)(H,23,26)/b7-5+,8-6+. The van der Waals surface area contributed by atoms with Crippen molar-refractivity contribution in [3.63, 3.8) is 0 Å². The van der Waals surface area contributed by atoms with Crippen LogP contribution in [0, 0.1) is 0 Å². The average molecular weight is 433 g/mol. The predicted octanol–water partition coefficient (Wildman–Crippen LogP) is 0.666. The third-order valence-corrected chi connectivity index (χ3v) is 3.42. The van der Waals surface area contributed by atoms with E-state index < -0.39 is 29.7 Å². The second-order valence-corrected chi connectivity index (χ2v) is 5.86. The van der Waals surface area contributed by atoms with Crippen molar-refractivity contribution in [1.29, 1.82) is 0 Å². The molecule has 0 atom stereocenters. The lowest BCUT2D eigenvalue weighted by atomic mass is 10.2. The summed E-state index contributed by atoms with van der Waals surface area (Å²) in [6, 6.07) is 4.40. The van der Waals surface area contributed by atoms with Gasteiger partial charge in [-0.2, -0.15) is 0 Å². The zero-order valence-electron chi connectivity index (χ0n) is 17.0. The van der Waals surface area contributed by atoms with Gasteiger partial charge in [-0.25, -0.2) is 9.59 Å². The highest BCUT2D eigenvalue weighted by molar-refractivity contribution is 6.05. The average Bonchev–Trinajstić information content (AvgIpc) is 2.73. The van der Waals surface area contributed by atoms with Gasteiger partial charge in [0, 0.05) is 54.2 Å². The van der Waals surface area contributed by atoms with E-state index in [0.29, 0.717) is 6.42 Å². The Hall–Kier alpha value is -4.15. The maximum absolute atomic E-state index is 12.0. The summed E-state index contributed by atoms with van der Waals surface area (Å²) in [6.07, 6.45) is 4.35. The number of methoxy groups -OCH3 is 2. The fourth-order valence-electron chi connectivity index (χ4n) is 2.05. The van der Waals surface area contributed by atoms with E-state index in [2.05, 4.69) is 20.1 Å². The number of ether oxygens (including phenoxy) is 3. The number of carbonyl (C=O) groups is 5. The fraction of sp³-hybridized carbons (Fsp3) is 0.250. The molecule has 0 aromatic heterocycles. The van der Waals surface area contributed by atoms with Crippen molar-refractivity contribution in [1.82, 2.24) is 0 Å². The van der Waals surface area contributed by atoms with Gasteiger partial charge in [-0.1, -0.05) is 0 Å². The molecule has 0 radical (unpaired) electrons. The summed E-state index contributed by atoms with van der Waals surface area (Å²) < 4.78 is 14.4. The number of carbonyl (C=O) groups excluding carboxylic acids is 5. The van der Waals surface area contributed by atoms with Gasteiger partial charge in [0.1, 0.15) is 5.75 Å². The molecule has 0 bridgehead atoms. The predicted molar refractivity (Wildman–Crippen MR) is 110 cm³/mol. The molecule has 4 N–H and O–H groups in total. The highest BCUT2D eigenvalue weighted by Gasteiger charge is 2.08. The highest BCUT2D eigenvalue weighted by Crippen LogP contribution is 2.25. The van der Waals surface area contributed by atoms with Crippen LogP contribution in [0.25, 0.3) is 0 Å². The van der Waals surface area contributed by atoms with Crippen LogP contribution in [0.2, 0.25) is 0 Å². The number of benzene rings is 1. The van der Waals surface area contributed by atoms with Crippen LogP contribution in [-0.4, -0.2) is 50.5 Å². The Morgan fingerprint density at radius 2 is 1.32 bits per heavy atom. The first-order valence-corrected chi connectivity index (χ1v) is 8.93. The Balaban J connectivity index is 2.96. The maximum Gasteiger partial charge on any atom is 0.330 e. The number of nitrogens with one attached hydrogen (secondary N) is 2. The van der Waals surface area contributed by atoms with Gasteiger partial charge in [0.25, 0.3) is 0 Å². The molecule has 0 aliphatic rings. The highest BCUT2D eigenvalue weighted by atomic mass is 16.5. The molecule has 0 unspecified atom stereocenters. The van der Waals surface area contributed by atoms with Crippen LogP contribution in [0.15, 0.2) is 42.5 Å². The molecule has 0 aliphatic heterocycles. The molecule has 31 heavy (non-hydrogen) atoms. The van der Waals surface area contributed by atoms with Crippen molar-refractivity contribution < 1.29 is 38.2 Å². The van der Waals surface area contributed by atoms with Crippen molar-refractivity contribution in [3.05, 3.63) is 42.5 Å². The molecule has 0 saturated carbocycles. The molecule has 0 heterocycles. The van der Waals surface area contributed by atoms with Crippen LogP contribution in [0.1, 0.15) is 12.8 Å². The van der Waals surface area contributed by atoms with Crippen LogP contribution >= 0.6 is 0 Å². The molecule has 3 amide bonds. The van der Waals surface area contributed by atoms with E-state index >= 15 is 0 Å². The zero-order chi connectivity index (χ0) is 23.2. The van der Waals surface area contributed by atoms with E-state index in [4.69, 9.17) is 10.5 Å². The minimum absolute atomic E-state index is 0.136. The van der Waals surface area contributed by atoms with Crippen molar-refractivity contribution in [2.45, 2.75) is 12.8 Å². The summed E-state index contributed by atoms with van der Waals surface area (Å²) >= 11 is 0. The number of hydrogen-bond acceptors (Lipinski definition) is 8. The quantitative estimate of drug-likeness (QED) is 0.260. The van der Waals surface area contributed by atoms with Crippen molar-refractivity contribution >= 4 is 41.0 Å². The Labute approximate surface area is 178 Å². The second-order valence-electron chi connectivity index (χ2n) is 5.86. The molecule has 1 aromatic rings. The van der Waals surface area contributed by atoms with Gasteiger partial charge in [-0.15, -0.1) is 0 Å². The number of anilines is 2. The van der Waals surface area contributed by atoms with Gasteiger partial charge >= 0.3 is 11.9 Å². The molecule has 11 nitrogen and oxygen atoms in total. The van der Waals surface area contributed by atoms with Gasteiger partial charge < -0.3 is 30.6 Å². The van der Waals surface area contributed by atoms with Gasteiger partial charge in [-0.05, 0) is 12.5 Å². The van der Waals surface area contributed by atoms with Crippen molar-refractivity contribution in [2.75, 3.05) is 31.5 Å². The number of esters is 2. The number of primary amides is 1.